The van der Waals surface area contributed by atoms with E-state index in [4.69, 9.17) is 4.74 Å². The van der Waals surface area contributed by atoms with Gasteiger partial charge in [0.25, 0.3) is 0 Å². The Labute approximate surface area is 119 Å². The van der Waals surface area contributed by atoms with Crippen molar-refractivity contribution in [1.29, 1.82) is 0 Å². The van der Waals surface area contributed by atoms with Gasteiger partial charge in [-0.1, -0.05) is 12.1 Å². The van der Waals surface area contributed by atoms with Gasteiger partial charge in [0.1, 0.15) is 5.75 Å². The fourth-order valence-electron chi connectivity index (χ4n) is 1.76. The molecule has 0 saturated heterocycles. The Morgan fingerprint density at radius 3 is 2.15 bits per heavy atom. The molecular weight excluding hydrogens is 252 g/mol. The maximum atomic E-state index is 5.13. The molecule has 0 aliphatic heterocycles. The van der Waals surface area contributed by atoms with Gasteiger partial charge < -0.3 is 15.0 Å². The molecule has 0 fully saturated rings. The van der Waals surface area contributed by atoms with E-state index in [0.29, 0.717) is 0 Å². The van der Waals surface area contributed by atoms with Crippen LogP contribution in [0.2, 0.25) is 0 Å². The van der Waals surface area contributed by atoms with Crippen molar-refractivity contribution in [2.24, 2.45) is 0 Å². The summed E-state index contributed by atoms with van der Waals surface area (Å²) in [6.07, 6.45) is 3.70. The first-order chi connectivity index (χ1) is 9.69. The standard InChI is InChI=1S/C15H20N4O/c1-19(2)15-17-10-13(11-18-15)9-16-8-12-4-6-14(20-3)7-5-12/h4-7,10-11,16H,8-9H2,1-3H3. The molecule has 2 rings (SSSR count). The number of rotatable bonds is 6. The second kappa shape index (κ2) is 6.86. The Hall–Kier alpha value is -2.14. The van der Waals surface area contributed by atoms with Gasteiger partial charge in [-0.3, -0.25) is 0 Å². The lowest BCUT2D eigenvalue weighted by Crippen LogP contribution is -2.15. The van der Waals surface area contributed by atoms with E-state index < -0.39 is 0 Å². The van der Waals surface area contributed by atoms with E-state index in [1.165, 1.54) is 5.56 Å². The number of hydrogen-bond acceptors (Lipinski definition) is 5. The molecule has 5 heteroatoms. The average molecular weight is 272 g/mol. The summed E-state index contributed by atoms with van der Waals surface area (Å²) in [5, 5.41) is 3.37. The Morgan fingerprint density at radius 2 is 1.60 bits per heavy atom. The van der Waals surface area contributed by atoms with Crippen LogP contribution >= 0.6 is 0 Å². The van der Waals surface area contributed by atoms with Gasteiger partial charge in [-0.05, 0) is 17.7 Å². The number of aromatic nitrogens is 2. The predicted molar refractivity (Wildman–Crippen MR) is 79.9 cm³/mol. The van der Waals surface area contributed by atoms with Crippen LogP contribution in [0, 0.1) is 0 Å². The van der Waals surface area contributed by atoms with Gasteiger partial charge in [0, 0.05) is 45.1 Å². The van der Waals surface area contributed by atoms with E-state index in [9.17, 15) is 0 Å². The van der Waals surface area contributed by atoms with Crippen LogP contribution in [-0.4, -0.2) is 31.2 Å². The van der Waals surface area contributed by atoms with Crippen molar-refractivity contribution in [2.45, 2.75) is 13.1 Å². The van der Waals surface area contributed by atoms with Crippen LogP contribution in [0.25, 0.3) is 0 Å². The third kappa shape index (κ3) is 3.93. The highest BCUT2D eigenvalue weighted by Gasteiger charge is 2.00. The monoisotopic (exact) mass is 272 g/mol. The van der Waals surface area contributed by atoms with Gasteiger partial charge in [-0.15, -0.1) is 0 Å². The Bertz CT molecular complexity index is 523. The van der Waals surface area contributed by atoms with Crippen molar-refractivity contribution in [3.8, 4) is 5.75 Å². The second-order valence-corrected chi connectivity index (χ2v) is 4.74. The molecule has 0 amide bonds. The number of methoxy groups -OCH3 is 1. The highest BCUT2D eigenvalue weighted by Crippen LogP contribution is 2.11. The molecule has 0 spiro atoms. The van der Waals surface area contributed by atoms with Gasteiger partial charge in [-0.25, -0.2) is 9.97 Å². The zero-order valence-electron chi connectivity index (χ0n) is 12.1. The first-order valence-corrected chi connectivity index (χ1v) is 6.51. The summed E-state index contributed by atoms with van der Waals surface area (Å²) in [5.74, 6) is 1.60. The number of benzene rings is 1. The maximum Gasteiger partial charge on any atom is 0.224 e. The lowest BCUT2D eigenvalue weighted by Gasteiger charge is -2.10. The molecule has 2 aromatic rings. The summed E-state index contributed by atoms with van der Waals surface area (Å²) in [6, 6.07) is 8.03. The van der Waals surface area contributed by atoms with Crippen molar-refractivity contribution < 1.29 is 4.74 Å². The summed E-state index contributed by atoms with van der Waals surface area (Å²) in [6.45, 7) is 1.55. The molecule has 20 heavy (non-hydrogen) atoms. The lowest BCUT2D eigenvalue weighted by atomic mass is 10.2. The van der Waals surface area contributed by atoms with Crippen molar-refractivity contribution in [3.63, 3.8) is 0 Å². The molecule has 0 atom stereocenters. The zero-order chi connectivity index (χ0) is 14.4. The molecule has 0 aliphatic rings. The topological polar surface area (TPSA) is 50.3 Å². The van der Waals surface area contributed by atoms with E-state index in [1.807, 2.05) is 43.5 Å². The van der Waals surface area contributed by atoms with Gasteiger partial charge in [0.05, 0.1) is 7.11 Å². The average Bonchev–Trinajstić information content (AvgIpc) is 2.48. The normalized spacial score (nSPS) is 10.3. The smallest absolute Gasteiger partial charge is 0.224 e. The van der Waals surface area contributed by atoms with E-state index in [2.05, 4.69) is 27.4 Å². The molecule has 1 aromatic heterocycles. The quantitative estimate of drug-likeness (QED) is 0.869. The first kappa shape index (κ1) is 14.3. The van der Waals surface area contributed by atoms with Crippen molar-refractivity contribution in [3.05, 3.63) is 47.8 Å². The van der Waals surface area contributed by atoms with E-state index in [1.54, 1.807) is 7.11 Å². The molecule has 0 unspecified atom stereocenters. The van der Waals surface area contributed by atoms with Gasteiger partial charge in [0.2, 0.25) is 5.95 Å². The van der Waals surface area contributed by atoms with Crippen LogP contribution in [0.5, 0.6) is 5.75 Å². The minimum atomic E-state index is 0.726. The highest BCUT2D eigenvalue weighted by atomic mass is 16.5. The van der Waals surface area contributed by atoms with Crippen LogP contribution in [0.4, 0.5) is 5.95 Å². The fourth-order valence-corrected chi connectivity index (χ4v) is 1.76. The number of nitrogens with one attached hydrogen (secondary N) is 1. The summed E-state index contributed by atoms with van der Waals surface area (Å²) in [5.41, 5.74) is 2.29. The minimum absolute atomic E-state index is 0.726. The number of anilines is 1. The third-order valence-corrected chi connectivity index (χ3v) is 2.91. The first-order valence-electron chi connectivity index (χ1n) is 6.51. The maximum absolute atomic E-state index is 5.13. The van der Waals surface area contributed by atoms with Crippen LogP contribution in [0.1, 0.15) is 11.1 Å². The number of ether oxygens (including phenoxy) is 1. The molecular formula is C15H20N4O. The van der Waals surface area contributed by atoms with Crippen molar-refractivity contribution >= 4 is 5.95 Å². The second-order valence-electron chi connectivity index (χ2n) is 4.74. The third-order valence-electron chi connectivity index (χ3n) is 2.91. The molecule has 1 N–H and O–H groups in total. The Balaban J connectivity index is 1.82. The molecule has 0 radical (unpaired) electrons. The molecule has 106 valence electrons. The molecule has 1 heterocycles. The van der Waals surface area contributed by atoms with Crippen LogP contribution in [0.3, 0.4) is 0 Å². The summed E-state index contributed by atoms with van der Waals surface area (Å²) >= 11 is 0. The molecule has 1 aromatic carbocycles. The van der Waals surface area contributed by atoms with E-state index >= 15 is 0 Å². The van der Waals surface area contributed by atoms with E-state index in [-0.39, 0.29) is 0 Å². The molecule has 0 saturated carbocycles. The number of hydrogen-bond donors (Lipinski definition) is 1. The Kier molecular flexibility index (Phi) is 4.90. The summed E-state index contributed by atoms with van der Waals surface area (Å²) < 4.78 is 5.13. The molecule has 0 aliphatic carbocycles. The molecule has 5 nitrogen and oxygen atoms in total. The van der Waals surface area contributed by atoms with E-state index in [0.717, 1.165) is 30.4 Å². The fraction of sp³-hybridized carbons (Fsp3) is 0.333. The SMILES string of the molecule is COc1ccc(CNCc2cnc(N(C)C)nc2)cc1. The van der Waals surface area contributed by atoms with Gasteiger partial charge in [-0.2, -0.15) is 0 Å². The predicted octanol–water partition coefficient (Wildman–Crippen LogP) is 1.84. The van der Waals surface area contributed by atoms with Gasteiger partial charge in [0.15, 0.2) is 0 Å². The van der Waals surface area contributed by atoms with Gasteiger partial charge >= 0.3 is 0 Å². The largest absolute Gasteiger partial charge is 0.497 e. The van der Waals surface area contributed by atoms with Crippen LogP contribution in [-0.2, 0) is 13.1 Å². The van der Waals surface area contributed by atoms with Crippen LogP contribution < -0.4 is 15.0 Å². The minimum Gasteiger partial charge on any atom is -0.497 e. The summed E-state index contributed by atoms with van der Waals surface area (Å²) in [4.78, 5) is 10.5. The van der Waals surface area contributed by atoms with Crippen molar-refractivity contribution in [1.82, 2.24) is 15.3 Å². The number of nitrogens with zero attached hydrogens (tertiary/aromatic N) is 3. The van der Waals surface area contributed by atoms with Crippen LogP contribution in [0.15, 0.2) is 36.7 Å². The Morgan fingerprint density at radius 1 is 1.00 bits per heavy atom. The molecule has 0 bridgehead atoms. The van der Waals surface area contributed by atoms with Crippen molar-refractivity contribution in [2.75, 3.05) is 26.1 Å². The highest BCUT2D eigenvalue weighted by molar-refractivity contribution is 5.28. The lowest BCUT2D eigenvalue weighted by molar-refractivity contribution is 0.414. The summed E-state index contributed by atoms with van der Waals surface area (Å²) in [7, 11) is 5.53. The zero-order valence-corrected chi connectivity index (χ0v) is 12.1.